The molecule has 3 aliphatic heterocycles. The van der Waals surface area contributed by atoms with Crippen LogP contribution in [0.5, 0.6) is 11.5 Å². The van der Waals surface area contributed by atoms with E-state index in [0.29, 0.717) is 47.2 Å². The van der Waals surface area contributed by atoms with Gasteiger partial charge >= 0.3 is 0 Å². The largest absolute Gasteiger partial charge is 0.507 e. The highest BCUT2D eigenvalue weighted by atomic mass is 16.5. The number of piperidine rings is 1. The maximum atomic E-state index is 13.1. The Hall–Kier alpha value is -3.58. The number of phenols is 1. The lowest BCUT2D eigenvalue weighted by atomic mass is 9.83. The average molecular weight is 444 g/mol. The second-order valence-electron chi connectivity index (χ2n) is 9.24. The van der Waals surface area contributed by atoms with Gasteiger partial charge in [0.2, 0.25) is 5.78 Å². The summed E-state index contributed by atoms with van der Waals surface area (Å²) in [5, 5.41) is 10.8. The second kappa shape index (κ2) is 7.49. The van der Waals surface area contributed by atoms with Gasteiger partial charge in [-0.15, -0.1) is 0 Å². The summed E-state index contributed by atoms with van der Waals surface area (Å²) in [5.41, 5.74) is 2.94. The summed E-state index contributed by atoms with van der Waals surface area (Å²) in [6.07, 6.45) is 4.19. The number of hydrogen-bond donors (Lipinski definition) is 1. The van der Waals surface area contributed by atoms with Crippen LogP contribution in [0.15, 0.2) is 57.6 Å². The molecule has 1 N–H and O–H groups in total. The first-order valence-corrected chi connectivity index (χ1v) is 11.2. The number of pyridine rings is 1. The number of aromatic hydroxyl groups is 1. The van der Waals surface area contributed by atoms with Crippen molar-refractivity contribution in [2.45, 2.75) is 32.4 Å². The maximum absolute atomic E-state index is 13.1. The first-order valence-electron chi connectivity index (χ1n) is 11.2. The summed E-state index contributed by atoms with van der Waals surface area (Å²) in [7, 11) is 0. The van der Waals surface area contributed by atoms with E-state index in [9.17, 15) is 14.7 Å². The van der Waals surface area contributed by atoms with E-state index >= 15 is 0 Å². The molecule has 2 atom stereocenters. The van der Waals surface area contributed by atoms with Gasteiger partial charge in [0.15, 0.2) is 5.76 Å². The van der Waals surface area contributed by atoms with Crippen molar-refractivity contribution in [3.63, 3.8) is 0 Å². The van der Waals surface area contributed by atoms with Crippen LogP contribution < -0.4 is 10.3 Å². The lowest BCUT2D eigenvalue weighted by Crippen LogP contribution is -2.46. The molecule has 168 valence electrons. The number of carbonyl (C=O) groups excluding carboxylic acids is 1. The van der Waals surface area contributed by atoms with Crippen molar-refractivity contribution < 1.29 is 19.1 Å². The van der Waals surface area contributed by atoms with Crippen molar-refractivity contribution in [3.8, 4) is 11.5 Å². The molecule has 6 rings (SSSR count). The van der Waals surface area contributed by atoms with Crippen LogP contribution in [0.3, 0.4) is 0 Å². The minimum absolute atomic E-state index is 0.0624. The van der Waals surface area contributed by atoms with Crippen molar-refractivity contribution in [2.75, 3.05) is 13.1 Å². The summed E-state index contributed by atoms with van der Waals surface area (Å²) < 4.78 is 13.3. The van der Waals surface area contributed by atoms with E-state index in [2.05, 4.69) is 4.90 Å². The van der Waals surface area contributed by atoms with Crippen LogP contribution in [0, 0.1) is 12.8 Å². The second-order valence-corrected chi connectivity index (χ2v) is 9.24. The number of ether oxygens (including phenoxy) is 1. The number of rotatable bonds is 3. The van der Waals surface area contributed by atoms with Crippen molar-refractivity contribution in [3.05, 3.63) is 86.9 Å². The van der Waals surface area contributed by atoms with Gasteiger partial charge in [-0.05, 0) is 49.1 Å². The number of likely N-dealkylation sites (tertiary alicyclic amines) is 1. The average Bonchev–Trinajstić information content (AvgIpc) is 3.40. The molecule has 0 unspecified atom stereocenters. The normalized spacial score (nSPS) is 22.8. The Balaban J connectivity index is 1.32. The Bertz CT molecular complexity index is 1350. The number of aromatic nitrogens is 1. The number of furan rings is 1. The Morgan fingerprint density at radius 3 is 2.85 bits per heavy atom. The Morgan fingerprint density at radius 2 is 2.03 bits per heavy atom. The zero-order valence-electron chi connectivity index (χ0n) is 18.3. The smallest absolute Gasteiger partial charge is 0.250 e. The third kappa shape index (κ3) is 3.31. The van der Waals surface area contributed by atoms with Crippen molar-refractivity contribution >= 4 is 11.9 Å². The predicted octanol–water partition coefficient (Wildman–Crippen LogP) is 3.69. The van der Waals surface area contributed by atoms with Gasteiger partial charge in [0.1, 0.15) is 17.3 Å². The van der Waals surface area contributed by atoms with Crippen LogP contribution in [-0.4, -0.2) is 33.4 Å². The highest BCUT2D eigenvalue weighted by molar-refractivity contribution is 6.15. The Morgan fingerprint density at radius 1 is 1.15 bits per heavy atom. The van der Waals surface area contributed by atoms with Gasteiger partial charge in [-0.2, -0.15) is 0 Å². The molecule has 7 heteroatoms. The highest BCUT2D eigenvalue weighted by Gasteiger charge is 2.37. The van der Waals surface area contributed by atoms with Crippen LogP contribution in [0.25, 0.3) is 6.08 Å². The molecule has 2 aromatic heterocycles. The number of carbonyl (C=O) groups is 1. The molecule has 3 aliphatic rings. The molecule has 0 spiro atoms. The summed E-state index contributed by atoms with van der Waals surface area (Å²) in [6.45, 7) is 4.59. The van der Waals surface area contributed by atoms with Crippen LogP contribution in [0.4, 0.5) is 0 Å². The standard InChI is InChI=1S/C26H24N2O5/c1-15-8-21(29)19(26-24(15)25(31)22(33-26)10-18-4-3-7-32-18)14-27-11-16-9-17(13-27)20-5-2-6-23(30)28(20)12-16/h2-8,10,16-17,29H,9,11-14H2,1H3/b22-10-/t16-,17+/m1/s1. The third-order valence-electron chi connectivity index (χ3n) is 6.97. The highest BCUT2D eigenvalue weighted by Crippen LogP contribution is 2.43. The number of hydrogen-bond acceptors (Lipinski definition) is 6. The van der Waals surface area contributed by atoms with Crippen LogP contribution in [0.1, 0.15) is 45.3 Å². The van der Waals surface area contributed by atoms with Crippen molar-refractivity contribution in [1.82, 2.24) is 9.47 Å². The van der Waals surface area contributed by atoms with E-state index in [1.807, 2.05) is 16.7 Å². The van der Waals surface area contributed by atoms with Gasteiger partial charge in [-0.1, -0.05) is 6.07 Å². The van der Waals surface area contributed by atoms with E-state index in [-0.39, 0.29) is 28.8 Å². The van der Waals surface area contributed by atoms with Gasteiger partial charge in [-0.3, -0.25) is 14.5 Å². The van der Waals surface area contributed by atoms with Crippen LogP contribution in [0.2, 0.25) is 0 Å². The van der Waals surface area contributed by atoms with Crippen LogP contribution in [-0.2, 0) is 13.1 Å². The fourth-order valence-corrected chi connectivity index (χ4v) is 5.58. The lowest BCUT2D eigenvalue weighted by Gasteiger charge is -2.42. The molecule has 33 heavy (non-hydrogen) atoms. The van der Waals surface area contributed by atoms with E-state index in [4.69, 9.17) is 9.15 Å². The zero-order chi connectivity index (χ0) is 22.7. The van der Waals surface area contributed by atoms with Gasteiger partial charge in [0, 0.05) is 49.9 Å². The van der Waals surface area contributed by atoms with E-state index < -0.39 is 0 Å². The van der Waals surface area contributed by atoms with E-state index in [1.165, 1.54) is 0 Å². The SMILES string of the molecule is Cc1cc(O)c(CN2C[C@H]3C[C@@H](C2)c2cccc(=O)n2C3)c2c1C(=O)/C(=C/c1ccco1)O2. The van der Waals surface area contributed by atoms with Crippen molar-refractivity contribution in [1.29, 1.82) is 0 Å². The molecule has 0 amide bonds. The number of Topliss-reactive ketones (excluding diaryl/α,β-unsaturated/α-hetero) is 1. The number of fused-ring (bicyclic) bond motifs is 5. The number of aryl methyl sites for hydroxylation is 1. The van der Waals surface area contributed by atoms with Gasteiger partial charge in [0.25, 0.3) is 5.56 Å². The molecule has 1 aromatic carbocycles. The summed E-state index contributed by atoms with van der Waals surface area (Å²) in [5.74, 6) is 1.72. The number of nitrogens with zero attached hydrogens (tertiary/aromatic N) is 2. The molecule has 3 aromatic rings. The molecule has 1 saturated heterocycles. The van der Waals surface area contributed by atoms with Crippen molar-refractivity contribution in [2.24, 2.45) is 5.92 Å². The van der Waals surface area contributed by atoms with E-state index in [0.717, 1.165) is 25.2 Å². The number of benzene rings is 1. The molecular weight excluding hydrogens is 420 g/mol. The molecule has 5 heterocycles. The fraction of sp³-hybridized carbons (Fsp3) is 0.308. The number of allylic oxidation sites excluding steroid dienone is 1. The molecule has 1 fully saturated rings. The summed E-state index contributed by atoms with van der Waals surface area (Å²) >= 11 is 0. The Kier molecular flexibility index (Phi) is 4.55. The monoisotopic (exact) mass is 444 g/mol. The molecule has 2 bridgehead atoms. The van der Waals surface area contributed by atoms with Gasteiger partial charge in [-0.25, -0.2) is 0 Å². The molecule has 0 saturated carbocycles. The molecule has 0 aliphatic carbocycles. The predicted molar refractivity (Wildman–Crippen MR) is 121 cm³/mol. The Labute approximate surface area is 190 Å². The van der Waals surface area contributed by atoms with Crippen LogP contribution >= 0.6 is 0 Å². The lowest BCUT2D eigenvalue weighted by molar-refractivity contribution is 0.101. The quantitative estimate of drug-likeness (QED) is 0.621. The third-order valence-corrected chi connectivity index (χ3v) is 6.97. The summed E-state index contributed by atoms with van der Waals surface area (Å²) in [6, 6.07) is 10.6. The first-order chi connectivity index (χ1) is 16.0. The summed E-state index contributed by atoms with van der Waals surface area (Å²) in [4.78, 5) is 27.7. The number of ketones is 1. The first kappa shape index (κ1) is 20.1. The molecule has 7 nitrogen and oxygen atoms in total. The van der Waals surface area contributed by atoms with Gasteiger partial charge in [0.05, 0.1) is 17.4 Å². The van der Waals surface area contributed by atoms with E-state index in [1.54, 1.807) is 43.5 Å². The molecular formula is C26H24N2O5. The fourth-order valence-electron chi connectivity index (χ4n) is 5.58. The topological polar surface area (TPSA) is 84.9 Å². The zero-order valence-corrected chi connectivity index (χ0v) is 18.3. The number of phenolic OH excluding ortho intramolecular Hbond substituents is 1. The minimum Gasteiger partial charge on any atom is -0.507 e. The van der Waals surface area contributed by atoms with Gasteiger partial charge < -0.3 is 18.8 Å². The maximum Gasteiger partial charge on any atom is 0.250 e. The minimum atomic E-state index is -0.205. The molecule has 0 radical (unpaired) electrons.